The van der Waals surface area contributed by atoms with Crippen LogP contribution in [0.5, 0.6) is 11.6 Å². The van der Waals surface area contributed by atoms with Gasteiger partial charge >= 0.3 is 6.09 Å². The molecule has 6 rings (SSSR count). The van der Waals surface area contributed by atoms with Crippen molar-refractivity contribution in [3.05, 3.63) is 42.6 Å². The summed E-state index contributed by atoms with van der Waals surface area (Å²) in [6.07, 6.45) is 8.22. The second kappa shape index (κ2) is 15.9. The molecule has 0 bridgehead atoms. The van der Waals surface area contributed by atoms with Gasteiger partial charge in [-0.15, -0.1) is 0 Å². The molecule has 2 aliphatic heterocycles. The fourth-order valence-corrected chi connectivity index (χ4v) is 9.91. The summed E-state index contributed by atoms with van der Waals surface area (Å²) in [4.78, 5) is 62.8. The van der Waals surface area contributed by atoms with Crippen LogP contribution in [0.25, 0.3) is 10.8 Å². The Morgan fingerprint density at radius 3 is 2.52 bits per heavy atom. The number of allylic oxidation sites excluding steroid dienone is 1. The molecule has 0 unspecified atom stereocenters. The molecule has 1 aromatic heterocycles. The molecular weight excluding hydrogens is 739 g/mol. The zero-order valence-electron chi connectivity index (χ0n) is 33.6. The van der Waals surface area contributed by atoms with Gasteiger partial charge in [0.15, 0.2) is 0 Å². The maximum Gasteiger partial charge on any atom is 0.408 e. The maximum atomic E-state index is 14.9. The van der Waals surface area contributed by atoms with Crippen LogP contribution in [0.1, 0.15) is 99.3 Å². The van der Waals surface area contributed by atoms with Crippen molar-refractivity contribution in [1.29, 1.82) is 0 Å². The number of fused-ring (bicyclic) bond motifs is 3. The molecule has 1 aromatic carbocycles. The van der Waals surface area contributed by atoms with Gasteiger partial charge in [-0.2, -0.15) is 0 Å². The summed E-state index contributed by atoms with van der Waals surface area (Å²) >= 11 is 0. The van der Waals surface area contributed by atoms with Gasteiger partial charge in [-0.05, 0) is 107 Å². The van der Waals surface area contributed by atoms with Crippen LogP contribution in [0.2, 0.25) is 0 Å². The lowest BCUT2D eigenvalue weighted by Gasteiger charge is -2.34. The van der Waals surface area contributed by atoms with E-state index in [1.165, 1.54) is 4.90 Å². The van der Waals surface area contributed by atoms with Gasteiger partial charge in [0.2, 0.25) is 27.7 Å². The standard InChI is InChI=1S/C41H57N5O9S/c1-8-26-20-25(3)12-10-11-13-28-23-41(28,37(49)45-56(51,52)40(9-2)17-18-40)44-34(47)32-22-30(24-46(32)36(48)33(26)43-38(50)55-39(4,5)6)54-35-31-15-14-29(53-7)21-27(31)16-19-42-35/h11,13-16,19,21,25-26,28,30,32-33H,8-10,12,17-18,20,22-24H2,1-7H3,(H,43,50)(H,44,47)(H,45,49)/b13-11-/t25-,26-,28-,30-,32+,33+,41-/m1/s1. The third kappa shape index (κ3) is 8.62. The first-order valence-electron chi connectivity index (χ1n) is 19.9. The Bertz CT molecular complexity index is 1980. The van der Waals surface area contributed by atoms with E-state index in [4.69, 9.17) is 14.2 Å². The largest absolute Gasteiger partial charge is 0.497 e. The van der Waals surface area contributed by atoms with Gasteiger partial charge in [0.05, 0.1) is 18.4 Å². The Morgan fingerprint density at radius 2 is 1.86 bits per heavy atom. The number of benzene rings is 1. The normalized spacial score (nSPS) is 29.7. The minimum absolute atomic E-state index is 0.0143. The lowest BCUT2D eigenvalue weighted by molar-refractivity contribution is -0.142. The Morgan fingerprint density at radius 1 is 1.11 bits per heavy atom. The number of carbonyl (C=O) groups is 4. The van der Waals surface area contributed by atoms with Crippen molar-refractivity contribution in [3.63, 3.8) is 0 Å². The molecule has 3 heterocycles. The zero-order chi connectivity index (χ0) is 40.6. The van der Waals surface area contributed by atoms with Crippen LogP contribution >= 0.6 is 0 Å². The highest BCUT2D eigenvalue weighted by molar-refractivity contribution is 7.91. The predicted octanol–water partition coefficient (Wildman–Crippen LogP) is 5.15. The van der Waals surface area contributed by atoms with Gasteiger partial charge in [-0.25, -0.2) is 18.2 Å². The maximum absolute atomic E-state index is 14.9. The highest BCUT2D eigenvalue weighted by Gasteiger charge is 2.63. The molecule has 4 aliphatic rings. The van der Waals surface area contributed by atoms with E-state index in [2.05, 4.69) is 27.3 Å². The molecule has 2 aliphatic carbocycles. The monoisotopic (exact) mass is 795 g/mol. The van der Waals surface area contributed by atoms with Crippen LogP contribution in [-0.4, -0.2) is 89.8 Å². The summed E-state index contributed by atoms with van der Waals surface area (Å²) in [5, 5.41) is 7.33. The summed E-state index contributed by atoms with van der Waals surface area (Å²) < 4.78 is 45.7. The van der Waals surface area contributed by atoms with Crippen molar-refractivity contribution in [2.24, 2.45) is 17.8 Å². The average molecular weight is 796 g/mol. The highest BCUT2D eigenvalue weighted by Crippen LogP contribution is 2.49. The first kappa shape index (κ1) is 41.2. The van der Waals surface area contributed by atoms with Crippen LogP contribution in [0, 0.1) is 17.8 Å². The van der Waals surface area contributed by atoms with E-state index in [9.17, 15) is 27.6 Å². The number of alkyl carbamates (subject to hydrolysis) is 1. The molecule has 15 heteroatoms. The number of aromatic nitrogens is 1. The lowest BCUT2D eigenvalue weighted by atomic mass is 9.85. The van der Waals surface area contributed by atoms with Crippen molar-refractivity contribution in [1.82, 2.24) is 25.2 Å². The van der Waals surface area contributed by atoms with Crippen molar-refractivity contribution in [2.75, 3.05) is 13.7 Å². The molecule has 2 saturated carbocycles. The number of nitrogens with zero attached hydrogens (tertiary/aromatic N) is 2. The van der Waals surface area contributed by atoms with Gasteiger partial charge in [-0.1, -0.05) is 39.3 Å². The van der Waals surface area contributed by atoms with Gasteiger partial charge < -0.3 is 29.7 Å². The van der Waals surface area contributed by atoms with Crippen LogP contribution in [-0.2, 0) is 29.1 Å². The molecular formula is C41H57N5O9S. The van der Waals surface area contributed by atoms with E-state index in [0.29, 0.717) is 55.5 Å². The summed E-state index contributed by atoms with van der Waals surface area (Å²) in [6, 6.07) is 5.16. The van der Waals surface area contributed by atoms with Gasteiger partial charge in [0.25, 0.3) is 5.91 Å². The minimum Gasteiger partial charge on any atom is -0.497 e. The first-order chi connectivity index (χ1) is 26.4. The Balaban J connectivity index is 1.36. The molecule has 7 atom stereocenters. The number of pyridine rings is 1. The van der Waals surface area contributed by atoms with Gasteiger partial charge in [-0.3, -0.25) is 19.1 Å². The average Bonchev–Trinajstić information content (AvgIpc) is 4.05. The first-order valence-corrected chi connectivity index (χ1v) is 21.4. The molecule has 306 valence electrons. The van der Waals surface area contributed by atoms with Crippen LogP contribution in [0.4, 0.5) is 4.79 Å². The fourth-order valence-electron chi connectivity index (χ4n) is 8.25. The second-order valence-corrected chi connectivity index (χ2v) is 19.1. The molecule has 4 amide bonds. The zero-order valence-corrected chi connectivity index (χ0v) is 34.4. The second-order valence-electron chi connectivity index (χ2n) is 17.1. The predicted molar refractivity (Wildman–Crippen MR) is 210 cm³/mol. The van der Waals surface area contributed by atoms with E-state index in [1.807, 2.05) is 37.3 Å². The number of hydrogen-bond acceptors (Lipinski definition) is 10. The van der Waals surface area contributed by atoms with Crippen molar-refractivity contribution in [2.45, 2.75) is 133 Å². The molecule has 2 aromatic rings. The van der Waals surface area contributed by atoms with Crippen molar-refractivity contribution in [3.8, 4) is 11.6 Å². The van der Waals surface area contributed by atoms with E-state index in [-0.39, 0.29) is 31.2 Å². The quantitative estimate of drug-likeness (QED) is 0.287. The van der Waals surface area contributed by atoms with Crippen molar-refractivity contribution >= 4 is 44.6 Å². The SMILES string of the molecule is CC[C@@H]1C[C@H](C)CC/C=C\[C@@H]2C[C@@]2(C(=O)NS(=O)(=O)C2(CC)CC2)NC(=O)[C@@H]2C[C@@H](Oc3nccc4cc(OC)ccc34)CN2C(=O)[C@H]1NC(=O)OC(C)(C)C. The topological polar surface area (TPSA) is 182 Å². The van der Waals surface area contributed by atoms with E-state index >= 15 is 0 Å². The van der Waals surface area contributed by atoms with Crippen LogP contribution in [0.15, 0.2) is 42.6 Å². The summed E-state index contributed by atoms with van der Waals surface area (Å²) in [6.45, 7) is 11.1. The summed E-state index contributed by atoms with van der Waals surface area (Å²) in [5.41, 5.74) is -2.35. The molecule has 14 nitrogen and oxygen atoms in total. The Hall–Kier alpha value is -4.40. The Kier molecular flexibility index (Phi) is 11.7. The van der Waals surface area contributed by atoms with Gasteiger partial charge in [0, 0.05) is 23.9 Å². The molecule has 3 fully saturated rings. The molecule has 56 heavy (non-hydrogen) atoms. The number of sulfonamides is 1. The third-order valence-electron chi connectivity index (χ3n) is 11.9. The smallest absolute Gasteiger partial charge is 0.408 e. The lowest BCUT2D eigenvalue weighted by Crippen LogP contribution is -2.59. The minimum atomic E-state index is -4.01. The molecule has 0 spiro atoms. The molecule has 0 radical (unpaired) electrons. The number of carbonyl (C=O) groups excluding carboxylic acids is 4. The van der Waals surface area contributed by atoms with Crippen LogP contribution in [0.3, 0.4) is 0 Å². The van der Waals surface area contributed by atoms with Gasteiger partial charge in [0.1, 0.15) is 35.1 Å². The third-order valence-corrected chi connectivity index (χ3v) is 14.2. The van der Waals surface area contributed by atoms with E-state index in [1.54, 1.807) is 47.1 Å². The number of rotatable bonds is 9. The Labute approximate surface area is 329 Å². The molecule has 3 N–H and O–H groups in total. The number of amides is 4. The highest BCUT2D eigenvalue weighted by atomic mass is 32.2. The number of hydrogen-bond donors (Lipinski definition) is 3. The summed E-state index contributed by atoms with van der Waals surface area (Å²) in [7, 11) is -2.43. The van der Waals surface area contributed by atoms with Crippen LogP contribution < -0.4 is 24.8 Å². The number of ether oxygens (including phenoxy) is 3. The molecule has 1 saturated heterocycles. The number of methoxy groups -OCH3 is 1. The summed E-state index contributed by atoms with van der Waals surface area (Å²) in [5.74, 6) is -1.48. The van der Waals surface area contributed by atoms with Crippen molar-refractivity contribution < 1.29 is 41.8 Å². The van der Waals surface area contributed by atoms with E-state index in [0.717, 1.165) is 11.8 Å². The fraction of sp³-hybridized carbons (Fsp3) is 0.634. The number of nitrogens with one attached hydrogen (secondary N) is 3. The van der Waals surface area contributed by atoms with E-state index < -0.39 is 73.8 Å².